The number of hydrogen-bond donors (Lipinski definition) is 0. The third kappa shape index (κ3) is 7.32. The standard InChI is InChI=1S/C5H11N3O2S/c1-10-3-5-11(9)4-2-7-8-6/h2-5H2,1H3. The van der Waals surface area contributed by atoms with Crippen molar-refractivity contribution in [3.63, 3.8) is 0 Å². The predicted octanol–water partition coefficient (Wildman–Crippen LogP) is 0.692. The fourth-order valence-electron chi connectivity index (χ4n) is 0.466. The van der Waals surface area contributed by atoms with Crippen LogP contribution >= 0.6 is 0 Å². The van der Waals surface area contributed by atoms with Crippen molar-refractivity contribution < 1.29 is 8.95 Å². The van der Waals surface area contributed by atoms with Crippen LogP contribution in [0.5, 0.6) is 0 Å². The van der Waals surface area contributed by atoms with E-state index in [1.807, 2.05) is 0 Å². The number of azide groups is 1. The van der Waals surface area contributed by atoms with E-state index in [1.54, 1.807) is 7.11 Å². The minimum Gasteiger partial charge on any atom is -0.384 e. The third-order valence-electron chi connectivity index (χ3n) is 0.997. The lowest BCUT2D eigenvalue weighted by Crippen LogP contribution is -2.09. The Morgan fingerprint density at radius 1 is 1.64 bits per heavy atom. The molecule has 64 valence electrons. The average molecular weight is 177 g/mol. The summed E-state index contributed by atoms with van der Waals surface area (Å²) < 4.78 is 15.6. The molecule has 0 saturated heterocycles. The van der Waals surface area contributed by atoms with E-state index in [9.17, 15) is 4.21 Å². The summed E-state index contributed by atoms with van der Waals surface area (Å²) in [6, 6.07) is 0. The van der Waals surface area contributed by atoms with Crippen LogP contribution in [0.25, 0.3) is 10.4 Å². The van der Waals surface area contributed by atoms with E-state index < -0.39 is 10.8 Å². The first kappa shape index (κ1) is 10.4. The first-order valence-electron chi connectivity index (χ1n) is 3.16. The van der Waals surface area contributed by atoms with Gasteiger partial charge in [-0.2, -0.15) is 0 Å². The Morgan fingerprint density at radius 2 is 2.36 bits per heavy atom. The Balaban J connectivity index is 3.29. The Labute approximate surface area is 67.8 Å². The molecule has 6 heteroatoms. The lowest BCUT2D eigenvalue weighted by Gasteiger charge is -1.96. The number of methoxy groups -OCH3 is 1. The quantitative estimate of drug-likeness (QED) is 0.340. The lowest BCUT2D eigenvalue weighted by molar-refractivity contribution is 0.218. The van der Waals surface area contributed by atoms with Crippen molar-refractivity contribution in [2.45, 2.75) is 0 Å². The zero-order chi connectivity index (χ0) is 8.53. The van der Waals surface area contributed by atoms with Crippen molar-refractivity contribution in [2.75, 3.05) is 31.8 Å². The monoisotopic (exact) mass is 177 g/mol. The van der Waals surface area contributed by atoms with E-state index in [-0.39, 0.29) is 0 Å². The Bertz CT molecular complexity index is 167. The predicted molar refractivity (Wildman–Crippen MR) is 43.8 cm³/mol. The van der Waals surface area contributed by atoms with Crippen LogP contribution in [-0.2, 0) is 15.5 Å². The van der Waals surface area contributed by atoms with Gasteiger partial charge in [-0.15, -0.1) is 0 Å². The van der Waals surface area contributed by atoms with Crippen LogP contribution in [0, 0.1) is 0 Å². The zero-order valence-corrected chi connectivity index (χ0v) is 7.21. The summed E-state index contributed by atoms with van der Waals surface area (Å²) in [5.41, 5.74) is 7.89. The van der Waals surface area contributed by atoms with Crippen LogP contribution in [-0.4, -0.2) is 36.0 Å². The van der Waals surface area contributed by atoms with Crippen molar-refractivity contribution in [1.29, 1.82) is 0 Å². The number of rotatable bonds is 6. The smallest absolute Gasteiger partial charge is 0.0577 e. The molecule has 0 aliphatic rings. The van der Waals surface area contributed by atoms with Gasteiger partial charge in [-0.3, -0.25) is 4.21 Å². The van der Waals surface area contributed by atoms with E-state index in [0.717, 1.165) is 0 Å². The van der Waals surface area contributed by atoms with Crippen LogP contribution in [0.2, 0.25) is 0 Å². The highest BCUT2D eigenvalue weighted by atomic mass is 32.2. The summed E-state index contributed by atoms with van der Waals surface area (Å²) in [4.78, 5) is 2.55. The maximum atomic E-state index is 10.9. The van der Waals surface area contributed by atoms with Gasteiger partial charge in [-0.05, 0) is 5.53 Å². The molecule has 0 bridgehead atoms. The maximum Gasteiger partial charge on any atom is 0.0577 e. The van der Waals surface area contributed by atoms with Crippen LogP contribution in [0.4, 0.5) is 0 Å². The van der Waals surface area contributed by atoms with Gasteiger partial charge in [0.25, 0.3) is 0 Å². The second-order valence-corrected chi connectivity index (χ2v) is 3.49. The first-order valence-corrected chi connectivity index (χ1v) is 4.65. The van der Waals surface area contributed by atoms with Crippen LogP contribution in [0.15, 0.2) is 5.11 Å². The van der Waals surface area contributed by atoms with Crippen LogP contribution in [0.1, 0.15) is 0 Å². The first-order chi connectivity index (χ1) is 5.31. The summed E-state index contributed by atoms with van der Waals surface area (Å²) in [5, 5.41) is 3.27. The summed E-state index contributed by atoms with van der Waals surface area (Å²) in [7, 11) is 0.649. The molecule has 5 nitrogen and oxygen atoms in total. The SMILES string of the molecule is COCCS(=O)CCN=[N+]=[N-]. The second-order valence-electron chi connectivity index (χ2n) is 1.80. The number of ether oxygens (including phenoxy) is 1. The van der Waals surface area contributed by atoms with Crippen molar-refractivity contribution in [3.05, 3.63) is 10.4 Å². The van der Waals surface area contributed by atoms with E-state index in [0.29, 0.717) is 24.7 Å². The topological polar surface area (TPSA) is 75.1 Å². The normalized spacial score (nSPS) is 12.1. The van der Waals surface area contributed by atoms with Gasteiger partial charge in [0.2, 0.25) is 0 Å². The molecule has 0 aromatic heterocycles. The Morgan fingerprint density at radius 3 is 2.91 bits per heavy atom. The average Bonchev–Trinajstić information content (AvgIpc) is 2.01. The molecule has 0 aliphatic carbocycles. The molecule has 0 amide bonds. The summed E-state index contributed by atoms with van der Waals surface area (Å²) >= 11 is 0. The minimum absolute atomic E-state index is 0.298. The van der Waals surface area contributed by atoms with Gasteiger partial charge in [-0.1, -0.05) is 5.11 Å². The Kier molecular flexibility index (Phi) is 7.13. The highest BCUT2D eigenvalue weighted by molar-refractivity contribution is 7.85. The van der Waals surface area contributed by atoms with Crippen molar-refractivity contribution in [1.82, 2.24) is 0 Å². The fraction of sp³-hybridized carbons (Fsp3) is 1.00. The number of hydrogen-bond acceptors (Lipinski definition) is 3. The maximum absolute atomic E-state index is 10.9. The van der Waals surface area contributed by atoms with E-state index in [4.69, 9.17) is 10.3 Å². The molecule has 0 aromatic carbocycles. The third-order valence-corrected chi connectivity index (χ3v) is 2.26. The molecule has 1 atom stereocenters. The molecule has 0 saturated carbocycles. The van der Waals surface area contributed by atoms with Crippen LogP contribution < -0.4 is 0 Å². The molecule has 0 heterocycles. The minimum atomic E-state index is -0.911. The highest BCUT2D eigenvalue weighted by Crippen LogP contribution is 1.84. The molecule has 11 heavy (non-hydrogen) atoms. The fourth-order valence-corrected chi connectivity index (χ4v) is 1.31. The van der Waals surface area contributed by atoms with Gasteiger partial charge in [0.05, 0.1) is 6.61 Å². The van der Waals surface area contributed by atoms with Crippen molar-refractivity contribution in [2.24, 2.45) is 5.11 Å². The summed E-state index contributed by atoms with van der Waals surface area (Å²) in [5.74, 6) is 0.935. The van der Waals surface area contributed by atoms with E-state index in [2.05, 4.69) is 10.0 Å². The Hall–Kier alpha value is -0.580. The number of nitrogens with zero attached hydrogens (tertiary/aromatic N) is 3. The van der Waals surface area contributed by atoms with E-state index >= 15 is 0 Å². The highest BCUT2D eigenvalue weighted by Gasteiger charge is 1.96. The van der Waals surface area contributed by atoms with Crippen molar-refractivity contribution in [3.8, 4) is 0 Å². The molecular weight excluding hydrogens is 166 g/mol. The molecule has 0 aromatic rings. The summed E-state index contributed by atoms with van der Waals surface area (Å²) in [6.07, 6.45) is 0. The molecule has 0 spiro atoms. The molecule has 0 N–H and O–H groups in total. The second kappa shape index (κ2) is 7.53. The van der Waals surface area contributed by atoms with Gasteiger partial charge in [0.15, 0.2) is 0 Å². The molecule has 0 aliphatic heterocycles. The van der Waals surface area contributed by atoms with Gasteiger partial charge in [0, 0.05) is 40.9 Å². The van der Waals surface area contributed by atoms with Gasteiger partial charge >= 0.3 is 0 Å². The largest absolute Gasteiger partial charge is 0.384 e. The molecule has 0 radical (unpaired) electrons. The zero-order valence-electron chi connectivity index (χ0n) is 6.39. The lowest BCUT2D eigenvalue weighted by atomic mass is 10.8. The van der Waals surface area contributed by atoms with Gasteiger partial charge < -0.3 is 4.74 Å². The van der Waals surface area contributed by atoms with Gasteiger partial charge in [0.1, 0.15) is 0 Å². The van der Waals surface area contributed by atoms with E-state index in [1.165, 1.54) is 0 Å². The molecular formula is C5H11N3O2S. The molecule has 0 fully saturated rings. The van der Waals surface area contributed by atoms with Gasteiger partial charge in [-0.25, -0.2) is 0 Å². The van der Waals surface area contributed by atoms with Crippen molar-refractivity contribution >= 4 is 10.8 Å². The summed E-state index contributed by atoms with van der Waals surface area (Å²) in [6.45, 7) is 0.787. The molecule has 0 rings (SSSR count). The molecule has 1 unspecified atom stereocenters. The van der Waals surface area contributed by atoms with Crippen LogP contribution in [0.3, 0.4) is 0 Å².